The Bertz CT molecular complexity index is 1940. The van der Waals surface area contributed by atoms with Gasteiger partial charge >= 0.3 is 0 Å². The molecule has 5 aromatic rings. The monoisotopic (exact) mass is 689 g/mol. The lowest BCUT2D eigenvalue weighted by Crippen LogP contribution is -2.54. The number of nitrogens with one attached hydrogen (secondary N) is 1. The number of carbonyl (C=O) groups is 2. The number of para-hydroxylation sites is 1. The molecule has 5 rings (SSSR count). The number of nitrogens with zero attached hydrogens (tertiary/aromatic N) is 2. The topological polar surface area (TPSA) is 96.0 Å². The van der Waals surface area contributed by atoms with Gasteiger partial charge in [0.05, 0.1) is 10.6 Å². The first-order valence-corrected chi connectivity index (χ1v) is 18.2. The largest absolute Gasteiger partial charge is 0.457 e. The third-order valence-corrected chi connectivity index (χ3v) is 10.2. The number of anilines is 1. The van der Waals surface area contributed by atoms with E-state index in [4.69, 9.17) is 4.74 Å². The predicted octanol–water partition coefficient (Wildman–Crippen LogP) is 7.54. The average molecular weight is 690 g/mol. The second-order valence-corrected chi connectivity index (χ2v) is 14.1. The summed E-state index contributed by atoms with van der Waals surface area (Å²) in [5.74, 6) is 0.323. The highest BCUT2D eigenvalue weighted by atomic mass is 32.2. The molecular weight excluding hydrogens is 647 g/mol. The van der Waals surface area contributed by atoms with Gasteiger partial charge in [-0.2, -0.15) is 0 Å². The molecule has 0 aliphatic carbocycles. The van der Waals surface area contributed by atoms with Gasteiger partial charge in [-0.15, -0.1) is 0 Å². The maximum Gasteiger partial charge on any atom is 0.264 e. The van der Waals surface area contributed by atoms with Crippen LogP contribution in [0.3, 0.4) is 0 Å². The number of amides is 2. The van der Waals surface area contributed by atoms with Crippen LogP contribution in [-0.2, 0) is 32.6 Å². The van der Waals surface area contributed by atoms with E-state index in [9.17, 15) is 18.0 Å². The van der Waals surface area contributed by atoms with Crippen LogP contribution in [0.4, 0.5) is 5.69 Å². The summed E-state index contributed by atoms with van der Waals surface area (Å²) in [6, 6.07) is 40.1. The molecule has 9 heteroatoms. The Morgan fingerprint density at radius 1 is 0.720 bits per heavy atom. The minimum Gasteiger partial charge on any atom is -0.457 e. The van der Waals surface area contributed by atoms with Crippen LogP contribution in [0, 0.1) is 6.92 Å². The van der Waals surface area contributed by atoms with E-state index in [1.807, 2.05) is 106 Å². The molecule has 0 radical (unpaired) electrons. The van der Waals surface area contributed by atoms with Gasteiger partial charge in [0.15, 0.2) is 0 Å². The Morgan fingerprint density at radius 3 is 1.88 bits per heavy atom. The normalized spacial score (nSPS) is 12.4. The van der Waals surface area contributed by atoms with E-state index >= 15 is 0 Å². The zero-order valence-electron chi connectivity index (χ0n) is 28.6. The Kier molecular flexibility index (Phi) is 12.1. The third kappa shape index (κ3) is 9.39. The second kappa shape index (κ2) is 16.8. The van der Waals surface area contributed by atoms with Gasteiger partial charge in [0.1, 0.15) is 24.1 Å². The van der Waals surface area contributed by atoms with Crippen LogP contribution in [0.5, 0.6) is 11.5 Å². The van der Waals surface area contributed by atoms with Gasteiger partial charge in [0, 0.05) is 19.0 Å². The summed E-state index contributed by atoms with van der Waals surface area (Å²) < 4.78 is 35.6. The number of aryl methyl sites for hydroxylation is 1. The zero-order chi connectivity index (χ0) is 35.5. The SMILES string of the molecule is CC[C@@H](C)NC(=O)[C@H](Cc1ccccc1)N(Cc1ccc(C)cc1)C(=O)CN(c1ccc(Oc2ccccc2)cc1)S(=O)(=O)c1ccccc1. The molecule has 0 aliphatic rings. The number of hydrogen-bond acceptors (Lipinski definition) is 5. The molecule has 258 valence electrons. The zero-order valence-corrected chi connectivity index (χ0v) is 29.4. The summed E-state index contributed by atoms with van der Waals surface area (Å²) >= 11 is 0. The van der Waals surface area contributed by atoms with Crippen LogP contribution in [0.2, 0.25) is 0 Å². The highest BCUT2D eigenvalue weighted by Gasteiger charge is 2.35. The van der Waals surface area contributed by atoms with Crippen molar-refractivity contribution in [3.63, 3.8) is 0 Å². The van der Waals surface area contributed by atoms with Crippen LogP contribution in [0.15, 0.2) is 144 Å². The molecule has 0 fully saturated rings. The van der Waals surface area contributed by atoms with Crippen molar-refractivity contribution in [1.29, 1.82) is 0 Å². The molecule has 0 unspecified atom stereocenters. The molecule has 50 heavy (non-hydrogen) atoms. The maximum absolute atomic E-state index is 14.7. The molecule has 0 saturated heterocycles. The number of sulfonamides is 1. The Hall–Kier alpha value is -5.41. The smallest absolute Gasteiger partial charge is 0.264 e. The summed E-state index contributed by atoms with van der Waals surface area (Å²) in [6.07, 6.45) is 0.959. The minimum absolute atomic E-state index is 0.0397. The van der Waals surface area contributed by atoms with E-state index in [0.29, 0.717) is 17.9 Å². The van der Waals surface area contributed by atoms with Crippen molar-refractivity contribution < 1.29 is 22.7 Å². The molecule has 1 N–H and O–H groups in total. The van der Waals surface area contributed by atoms with Gasteiger partial charge < -0.3 is 15.0 Å². The molecule has 0 saturated carbocycles. The van der Waals surface area contributed by atoms with E-state index < -0.39 is 28.5 Å². The molecule has 2 amide bonds. The molecule has 0 spiro atoms. The molecule has 8 nitrogen and oxygen atoms in total. The Morgan fingerprint density at radius 2 is 1.28 bits per heavy atom. The van der Waals surface area contributed by atoms with Crippen molar-refractivity contribution in [2.45, 2.75) is 57.1 Å². The summed E-state index contributed by atoms with van der Waals surface area (Å²) in [4.78, 5) is 30.3. The van der Waals surface area contributed by atoms with Crippen molar-refractivity contribution in [3.8, 4) is 11.5 Å². The van der Waals surface area contributed by atoms with Crippen LogP contribution >= 0.6 is 0 Å². The standard InChI is InChI=1S/C41H43N3O5S/c1-4-32(3)42-41(46)39(28-33-14-8-5-9-15-33)43(29-34-22-20-31(2)21-23-34)40(45)30-44(50(47,48)38-18-12-7-13-19-38)35-24-26-37(27-25-35)49-36-16-10-6-11-17-36/h5-27,32,39H,4,28-30H2,1-3H3,(H,42,46)/t32-,39+/m1/s1. The van der Waals surface area contributed by atoms with Crippen molar-refractivity contribution in [2.75, 3.05) is 10.8 Å². The summed E-state index contributed by atoms with van der Waals surface area (Å²) in [7, 11) is -4.22. The quantitative estimate of drug-likeness (QED) is 0.123. The first-order chi connectivity index (χ1) is 24.1. The lowest BCUT2D eigenvalue weighted by molar-refractivity contribution is -0.140. The molecule has 2 atom stereocenters. The van der Waals surface area contributed by atoms with Gasteiger partial charge in [-0.1, -0.05) is 103 Å². The molecule has 0 bridgehead atoms. The summed E-state index contributed by atoms with van der Waals surface area (Å²) in [5.41, 5.74) is 3.03. The molecular formula is C41H43N3O5S. The highest BCUT2D eigenvalue weighted by molar-refractivity contribution is 7.92. The molecule has 5 aromatic carbocycles. The fraction of sp³-hybridized carbons (Fsp3) is 0.220. The fourth-order valence-electron chi connectivity index (χ4n) is 5.44. The van der Waals surface area contributed by atoms with E-state index in [0.717, 1.165) is 21.0 Å². The minimum atomic E-state index is -4.22. The lowest BCUT2D eigenvalue weighted by Gasteiger charge is -2.34. The summed E-state index contributed by atoms with van der Waals surface area (Å²) in [5, 5.41) is 3.07. The van der Waals surface area contributed by atoms with Gasteiger partial charge in [-0.3, -0.25) is 13.9 Å². The van der Waals surface area contributed by atoms with Crippen molar-refractivity contribution in [1.82, 2.24) is 10.2 Å². The van der Waals surface area contributed by atoms with Crippen molar-refractivity contribution >= 4 is 27.5 Å². The average Bonchev–Trinajstić information content (AvgIpc) is 3.14. The second-order valence-electron chi connectivity index (χ2n) is 12.3. The van der Waals surface area contributed by atoms with Crippen molar-refractivity contribution in [3.05, 3.63) is 156 Å². The van der Waals surface area contributed by atoms with Gasteiger partial charge in [0.25, 0.3) is 10.0 Å². The van der Waals surface area contributed by atoms with Crippen LogP contribution in [0.25, 0.3) is 0 Å². The highest BCUT2D eigenvalue weighted by Crippen LogP contribution is 2.29. The third-order valence-electron chi connectivity index (χ3n) is 8.46. The van der Waals surface area contributed by atoms with Crippen LogP contribution < -0.4 is 14.4 Å². The Balaban J connectivity index is 1.55. The van der Waals surface area contributed by atoms with Crippen LogP contribution in [-0.4, -0.2) is 43.8 Å². The number of ether oxygens (including phenoxy) is 1. The van der Waals surface area contributed by atoms with E-state index in [2.05, 4.69) is 5.32 Å². The van der Waals surface area contributed by atoms with Crippen LogP contribution in [0.1, 0.15) is 37.0 Å². The molecule has 0 aliphatic heterocycles. The molecule has 0 heterocycles. The summed E-state index contributed by atoms with van der Waals surface area (Å²) in [6.45, 7) is 5.45. The predicted molar refractivity (Wildman–Crippen MR) is 197 cm³/mol. The fourth-order valence-corrected chi connectivity index (χ4v) is 6.87. The first kappa shape index (κ1) is 35.9. The number of benzene rings is 5. The Labute approximate surface area is 295 Å². The number of hydrogen-bond donors (Lipinski definition) is 1. The van der Waals surface area contributed by atoms with Gasteiger partial charge in [-0.25, -0.2) is 8.42 Å². The van der Waals surface area contributed by atoms with Gasteiger partial charge in [-0.05, 0) is 79.9 Å². The van der Waals surface area contributed by atoms with E-state index in [-0.39, 0.29) is 35.5 Å². The number of carbonyl (C=O) groups excluding carboxylic acids is 2. The van der Waals surface area contributed by atoms with E-state index in [1.54, 1.807) is 42.5 Å². The van der Waals surface area contributed by atoms with E-state index in [1.165, 1.54) is 17.0 Å². The van der Waals surface area contributed by atoms with Crippen molar-refractivity contribution in [2.24, 2.45) is 0 Å². The maximum atomic E-state index is 14.7. The van der Waals surface area contributed by atoms with Gasteiger partial charge in [0.2, 0.25) is 11.8 Å². The number of rotatable bonds is 15. The first-order valence-electron chi connectivity index (χ1n) is 16.7. The lowest BCUT2D eigenvalue weighted by atomic mass is 10.0. The molecule has 0 aromatic heterocycles.